The minimum absolute atomic E-state index is 0.182. The second-order valence-corrected chi connectivity index (χ2v) is 7.50. The number of hydrogen-bond donors (Lipinski definition) is 1. The third-order valence-corrected chi connectivity index (χ3v) is 5.44. The largest absolute Gasteiger partial charge is 0.497 e. The van der Waals surface area contributed by atoms with Gasteiger partial charge in [0.05, 0.1) is 33.3 Å². The van der Waals surface area contributed by atoms with Crippen molar-refractivity contribution in [2.45, 2.75) is 0 Å². The molecule has 0 aromatic heterocycles. The van der Waals surface area contributed by atoms with Crippen LogP contribution in [0.4, 0.5) is 10.5 Å². The predicted octanol–water partition coefficient (Wildman–Crippen LogP) is 3.40. The fourth-order valence-corrected chi connectivity index (χ4v) is 3.83. The van der Waals surface area contributed by atoms with Crippen molar-refractivity contribution in [1.82, 2.24) is 4.90 Å². The summed E-state index contributed by atoms with van der Waals surface area (Å²) in [5.74, 6) is 0.832. The predicted molar refractivity (Wildman–Crippen MR) is 120 cm³/mol. The summed E-state index contributed by atoms with van der Waals surface area (Å²) in [4.78, 5) is 38.6. The molecular formula is C22H22N2O7S. The Morgan fingerprint density at radius 3 is 2.12 bits per heavy atom. The van der Waals surface area contributed by atoms with E-state index in [2.05, 4.69) is 5.32 Å². The van der Waals surface area contributed by atoms with E-state index in [9.17, 15) is 14.4 Å². The number of nitrogens with one attached hydrogen (secondary N) is 1. The number of amides is 3. The number of methoxy groups -OCH3 is 4. The Bertz CT molecular complexity index is 1040. The van der Waals surface area contributed by atoms with Crippen molar-refractivity contribution in [3.63, 3.8) is 0 Å². The van der Waals surface area contributed by atoms with E-state index in [0.717, 1.165) is 16.7 Å². The average Bonchev–Trinajstić information content (AvgIpc) is 3.05. The topological polar surface area (TPSA) is 103 Å². The Labute approximate surface area is 189 Å². The van der Waals surface area contributed by atoms with E-state index in [1.54, 1.807) is 43.5 Å². The van der Waals surface area contributed by atoms with Crippen molar-refractivity contribution >= 4 is 40.6 Å². The van der Waals surface area contributed by atoms with Gasteiger partial charge in [-0.1, -0.05) is 0 Å². The molecule has 168 valence electrons. The van der Waals surface area contributed by atoms with E-state index in [4.69, 9.17) is 18.9 Å². The highest BCUT2D eigenvalue weighted by Crippen LogP contribution is 2.40. The summed E-state index contributed by atoms with van der Waals surface area (Å²) in [6.45, 7) is -0.400. The Kier molecular flexibility index (Phi) is 7.26. The van der Waals surface area contributed by atoms with Gasteiger partial charge in [-0.05, 0) is 59.8 Å². The third kappa shape index (κ3) is 4.97. The summed E-state index contributed by atoms with van der Waals surface area (Å²) < 4.78 is 21.0. The molecule has 1 fully saturated rings. The first-order chi connectivity index (χ1) is 15.4. The standard InChI is InChI=1S/C22H22N2O7S/c1-28-15-7-5-14(6-8-15)23-19(25)12-24-21(26)18(32-22(24)27)11-13-9-16(29-2)20(31-4)17(10-13)30-3/h5-11H,12H2,1-4H3,(H,23,25)/b18-11+. The number of hydrogen-bond acceptors (Lipinski definition) is 8. The highest BCUT2D eigenvalue weighted by molar-refractivity contribution is 8.18. The fourth-order valence-electron chi connectivity index (χ4n) is 2.99. The number of imide groups is 1. The molecule has 0 saturated carbocycles. The lowest BCUT2D eigenvalue weighted by atomic mass is 10.1. The molecule has 2 aromatic carbocycles. The quantitative estimate of drug-likeness (QED) is 0.601. The molecule has 1 heterocycles. The molecule has 0 aliphatic carbocycles. The molecule has 0 atom stereocenters. The number of carbonyl (C=O) groups excluding carboxylic acids is 3. The van der Waals surface area contributed by atoms with E-state index < -0.39 is 23.6 Å². The maximum Gasteiger partial charge on any atom is 0.294 e. The average molecular weight is 458 g/mol. The number of thioether (sulfide) groups is 1. The van der Waals surface area contributed by atoms with Crippen LogP contribution in [-0.2, 0) is 9.59 Å². The van der Waals surface area contributed by atoms with Gasteiger partial charge in [0.25, 0.3) is 11.1 Å². The van der Waals surface area contributed by atoms with Crippen LogP contribution in [0.1, 0.15) is 5.56 Å². The first kappa shape index (κ1) is 23.0. The van der Waals surface area contributed by atoms with Gasteiger partial charge < -0.3 is 24.3 Å². The molecule has 3 rings (SSSR count). The van der Waals surface area contributed by atoms with Gasteiger partial charge in [-0.25, -0.2) is 0 Å². The smallest absolute Gasteiger partial charge is 0.294 e. The van der Waals surface area contributed by atoms with Crippen molar-refractivity contribution in [3.05, 3.63) is 46.9 Å². The minimum atomic E-state index is -0.557. The SMILES string of the molecule is COc1ccc(NC(=O)CN2C(=O)S/C(=C/c3cc(OC)c(OC)c(OC)c3)C2=O)cc1. The highest BCUT2D eigenvalue weighted by atomic mass is 32.2. The van der Waals surface area contributed by atoms with Gasteiger partial charge in [0.1, 0.15) is 12.3 Å². The van der Waals surface area contributed by atoms with Crippen molar-refractivity contribution in [1.29, 1.82) is 0 Å². The van der Waals surface area contributed by atoms with Crippen LogP contribution >= 0.6 is 11.8 Å². The molecular weight excluding hydrogens is 436 g/mol. The van der Waals surface area contributed by atoms with Gasteiger partial charge in [0, 0.05) is 5.69 Å². The van der Waals surface area contributed by atoms with Gasteiger partial charge in [0.2, 0.25) is 11.7 Å². The van der Waals surface area contributed by atoms with Crippen LogP contribution in [0, 0.1) is 0 Å². The minimum Gasteiger partial charge on any atom is -0.497 e. The van der Waals surface area contributed by atoms with Crippen molar-refractivity contribution < 1.29 is 33.3 Å². The Balaban J connectivity index is 1.75. The summed E-state index contributed by atoms with van der Waals surface area (Å²) in [5.41, 5.74) is 1.10. The molecule has 10 heteroatoms. The van der Waals surface area contributed by atoms with E-state index >= 15 is 0 Å². The zero-order valence-electron chi connectivity index (χ0n) is 18.0. The molecule has 0 spiro atoms. The second kappa shape index (κ2) is 10.1. The third-order valence-electron chi connectivity index (χ3n) is 4.53. The number of ether oxygens (including phenoxy) is 4. The van der Waals surface area contributed by atoms with Crippen LogP contribution in [0.3, 0.4) is 0 Å². The Morgan fingerprint density at radius 1 is 0.969 bits per heavy atom. The summed E-state index contributed by atoms with van der Waals surface area (Å²) in [6.07, 6.45) is 1.54. The lowest BCUT2D eigenvalue weighted by molar-refractivity contribution is -0.127. The number of anilines is 1. The molecule has 32 heavy (non-hydrogen) atoms. The van der Waals surface area contributed by atoms with Crippen LogP contribution in [0.2, 0.25) is 0 Å². The molecule has 9 nitrogen and oxygen atoms in total. The maximum atomic E-state index is 12.8. The summed E-state index contributed by atoms with van der Waals surface area (Å²) in [6, 6.07) is 10.0. The molecule has 1 saturated heterocycles. The van der Waals surface area contributed by atoms with E-state index in [1.165, 1.54) is 27.4 Å². The first-order valence-electron chi connectivity index (χ1n) is 9.39. The van der Waals surface area contributed by atoms with Gasteiger partial charge in [-0.15, -0.1) is 0 Å². The molecule has 1 N–H and O–H groups in total. The van der Waals surface area contributed by atoms with Crippen LogP contribution in [-0.4, -0.2) is 56.9 Å². The maximum absolute atomic E-state index is 12.8. The zero-order chi connectivity index (χ0) is 23.3. The second-order valence-electron chi connectivity index (χ2n) is 6.50. The molecule has 3 amide bonds. The molecule has 0 unspecified atom stereocenters. The van der Waals surface area contributed by atoms with E-state index in [0.29, 0.717) is 34.2 Å². The van der Waals surface area contributed by atoms with Crippen molar-refractivity contribution in [3.8, 4) is 23.0 Å². The van der Waals surface area contributed by atoms with Crippen LogP contribution in [0.5, 0.6) is 23.0 Å². The van der Waals surface area contributed by atoms with E-state index in [1.807, 2.05) is 0 Å². The Morgan fingerprint density at radius 2 is 1.59 bits per heavy atom. The fraction of sp³-hybridized carbons (Fsp3) is 0.227. The molecule has 0 radical (unpaired) electrons. The van der Waals surface area contributed by atoms with Gasteiger partial charge in [0.15, 0.2) is 11.5 Å². The van der Waals surface area contributed by atoms with Crippen LogP contribution in [0.15, 0.2) is 41.3 Å². The number of nitrogens with zero attached hydrogens (tertiary/aromatic N) is 1. The van der Waals surface area contributed by atoms with Crippen LogP contribution < -0.4 is 24.3 Å². The number of benzene rings is 2. The summed E-state index contributed by atoms with van der Waals surface area (Å²) >= 11 is 0.756. The highest BCUT2D eigenvalue weighted by Gasteiger charge is 2.36. The van der Waals surface area contributed by atoms with Crippen molar-refractivity contribution in [2.75, 3.05) is 40.3 Å². The normalized spacial score (nSPS) is 14.5. The van der Waals surface area contributed by atoms with Crippen LogP contribution in [0.25, 0.3) is 6.08 Å². The Hall–Kier alpha value is -3.66. The zero-order valence-corrected chi connectivity index (χ0v) is 18.8. The monoisotopic (exact) mass is 458 g/mol. The lowest BCUT2D eigenvalue weighted by Crippen LogP contribution is -2.36. The molecule has 1 aliphatic rings. The van der Waals surface area contributed by atoms with Gasteiger partial charge >= 0.3 is 0 Å². The number of rotatable bonds is 8. The molecule has 2 aromatic rings. The van der Waals surface area contributed by atoms with Crippen molar-refractivity contribution in [2.24, 2.45) is 0 Å². The molecule has 0 bridgehead atoms. The summed E-state index contributed by atoms with van der Waals surface area (Å²) in [7, 11) is 5.99. The number of carbonyl (C=O) groups is 3. The first-order valence-corrected chi connectivity index (χ1v) is 10.2. The lowest BCUT2D eigenvalue weighted by Gasteiger charge is -2.13. The van der Waals surface area contributed by atoms with Gasteiger partial charge in [-0.3, -0.25) is 19.3 Å². The summed E-state index contributed by atoms with van der Waals surface area (Å²) in [5, 5.41) is 2.12. The van der Waals surface area contributed by atoms with E-state index in [-0.39, 0.29) is 4.91 Å². The molecule has 1 aliphatic heterocycles. The van der Waals surface area contributed by atoms with Gasteiger partial charge in [-0.2, -0.15) is 0 Å².